The summed E-state index contributed by atoms with van der Waals surface area (Å²) in [6.45, 7) is 1.20. The van der Waals surface area contributed by atoms with E-state index in [0.717, 1.165) is 0 Å². The van der Waals surface area contributed by atoms with Crippen molar-refractivity contribution < 1.29 is 13.2 Å². The molecule has 0 spiro atoms. The standard InChI is InChI=1S/C7H3BrClF3/c1-2-4(9)6(11)3(8)7(12)5(2)10/h1H3. The summed E-state index contributed by atoms with van der Waals surface area (Å²) in [4.78, 5) is 0. The Hall–Kier alpha value is -0.220. The minimum absolute atomic E-state index is 0.227. The van der Waals surface area contributed by atoms with Gasteiger partial charge in [-0.1, -0.05) is 11.6 Å². The number of hydrogen-bond donors (Lipinski definition) is 0. The molecule has 1 rings (SSSR count). The van der Waals surface area contributed by atoms with Crippen molar-refractivity contribution in [3.63, 3.8) is 0 Å². The maximum Gasteiger partial charge on any atom is 0.176 e. The fraction of sp³-hybridized carbons (Fsp3) is 0.143. The van der Waals surface area contributed by atoms with E-state index in [9.17, 15) is 13.2 Å². The molecule has 0 radical (unpaired) electrons. The van der Waals surface area contributed by atoms with E-state index >= 15 is 0 Å². The molecule has 0 aliphatic rings. The molecule has 1 aromatic carbocycles. The summed E-state index contributed by atoms with van der Waals surface area (Å²) in [7, 11) is 0. The first kappa shape index (κ1) is 9.86. The van der Waals surface area contributed by atoms with Crippen LogP contribution in [0, 0.1) is 24.4 Å². The van der Waals surface area contributed by atoms with Crippen molar-refractivity contribution in [3.8, 4) is 0 Å². The average molecular weight is 259 g/mol. The Labute approximate surface area is 80.5 Å². The van der Waals surface area contributed by atoms with E-state index in [1.54, 1.807) is 0 Å². The van der Waals surface area contributed by atoms with E-state index in [2.05, 4.69) is 15.9 Å². The highest BCUT2D eigenvalue weighted by Crippen LogP contribution is 2.31. The molecule has 0 nitrogen and oxygen atoms in total. The lowest BCUT2D eigenvalue weighted by atomic mass is 10.2. The van der Waals surface area contributed by atoms with E-state index < -0.39 is 26.9 Å². The fourth-order valence-corrected chi connectivity index (χ4v) is 1.38. The predicted molar refractivity (Wildman–Crippen MR) is 43.8 cm³/mol. The van der Waals surface area contributed by atoms with Crippen LogP contribution in [-0.2, 0) is 0 Å². The third-order valence-corrected chi connectivity index (χ3v) is 2.57. The molecule has 5 heteroatoms. The Morgan fingerprint density at radius 2 is 1.58 bits per heavy atom. The molecule has 0 aliphatic heterocycles. The zero-order chi connectivity index (χ0) is 9.46. The van der Waals surface area contributed by atoms with Crippen molar-refractivity contribution >= 4 is 27.5 Å². The topological polar surface area (TPSA) is 0 Å². The van der Waals surface area contributed by atoms with Crippen LogP contribution in [-0.4, -0.2) is 0 Å². The van der Waals surface area contributed by atoms with Crippen LogP contribution < -0.4 is 0 Å². The van der Waals surface area contributed by atoms with Crippen LogP contribution in [0.25, 0.3) is 0 Å². The quantitative estimate of drug-likeness (QED) is 0.491. The molecule has 0 bridgehead atoms. The Balaban J connectivity index is 3.60. The molecule has 0 atom stereocenters. The maximum atomic E-state index is 12.8. The molecule has 0 unspecified atom stereocenters. The van der Waals surface area contributed by atoms with Crippen LogP contribution in [0.4, 0.5) is 13.2 Å². The minimum Gasteiger partial charge on any atom is -0.204 e. The van der Waals surface area contributed by atoms with Crippen molar-refractivity contribution in [2.24, 2.45) is 0 Å². The molecule has 0 saturated heterocycles. The highest BCUT2D eigenvalue weighted by Gasteiger charge is 2.19. The Morgan fingerprint density at radius 1 is 1.08 bits per heavy atom. The zero-order valence-electron chi connectivity index (χ0n) is 5.89. The van der Waals surface area contributed by atoms with Gasteiger partial charge in [-0.25, -0.2) is 13.2 Å². The average Bonchev–Trinajstić information content (AvgIpc) is 2.08. The van der Waals surface area contributed by atoms with Gasteiger partial charge in [0.2, 0.25) is 0 Å². The van der Waals surface area contributed by atoms with Gasteiger partial charge in [0.1, 0.15) is 0 Å². The van der Waals surface area contributed by atoms with E-state index in [1.807, 2.05) is 0 Å². The fourth-order valence-electron chi connectivity index (χ4n) is 0.715. The van der Waals surface area contributed by atoms with E-state index in [4.69, 9.17) is 11.6 Å². The monoisotopic (exact) mass is 258 g/mol. The first-order valence-electron chi connectivity index (χ1n) is 2.94. The van der Waals surface area contributed by atoms with Crippen LogP contribution in [0.3, 0.4) is 0 Å². The largest absolute Gasteiger partial charge is 0.204 e. The van der Waals surface area contributed by atoms with Gasteiger partial charge < -0.3 is 0 Å². The minimum atomic E-state index is -1.26. The van der Waals surface area contributed by atoms with E-state index in [1.165, 1.54) is 6.92 Å². The number of benzene rings is 1. The van der Waals surface area contributed by atoms with Crippen molar-refractivity contribution in [1.29, 1.82) is 0 Å². The molecule has 1 aromatic rings. The van der Waals surface area contributed by atoms with Crippen LogP contribution in [0.1, 0.15) is 5.56 Å². The zero-order valence-corrected chi connectivity index (χ0v) is 8.23. The van der Waals surface area contributed by atoms with Gasteiger partial charge in [0, 0.05) is 5.56 Å². The Bertz CT molecular complexity index is 233. The van der Waals surface area contributed by atoms with Crippen LogP contribution in [0.2, 0.25) is 5.02 Å². The van der Waals surface area contributed by atoms with Gasteiger partial charge in [-0.05, 0) is 22.9 Å². The molecule has 0 heterocycles. The third kappa shape index (κ3) is 1.33. The number of rotatable bonds is 0. The van der Waals surface area contributed by atoms with Crippen molar-refractivity contribution in [1.82, 2.24) is 0 Å². The molecule has 0 N–H and O–H groups in total. The predicted octanol–water partition coefficient (Wildman–Crippen LogP) is 3.83. The smallest absolute Gasteiger partial charge is 0.176 e. The summed E-state index contributed by atoms with van der Waals surface area (Å²) in [6, 6.07) is 0. The molecule has 0 saturated carbocycles. The summed E-state index contributed by atoms with van der Waals surface area (Å²) in [6.07, 6.45) is 0. The van der Waals surface area contributed by atoms with E-state index in [0.29, 0.717) is 0 Å². The van der Waals surface area contributed by atoms with Crippen LogP contribution in [0.15, 0.2) is 4.47 Å². The molecular weight excluding hydrogens is 256 g/mol. The highest BCUT2D eigenvalue weighted by atomic mass is 79.9. The van der Waals surface area contributed by atoms with Gasteiger partial charge in [0.15, 0.2) is 17.5 Å². The first-order chi connectivity index (χ1) is 5.46. The van der Waals surface area contributed by atoms with Gasteiger partial charge in [0.25, 0.3) is 0 Å². The Kier molecular flexibility index (Phi) is 2.68. The number of halogens is 5. The SMILES string of the molecule is Cc1c(F)c(F)c(Br)c(F)c1Cl. The van der Waals surface area contributed by atoms with Crippen molar-refractivity contribution in [2.75, 3.05) is 0 Å². The first-order valence-corrected chi connectivity index (χ1v) is 4.12. The lowest BCUT2D eigenvalue weighted by Crippen LogP contribution is -1.96. The van der Waals surface area contributed by atoms with Gasteiger partial charge in [-0.2, -0.15) is 0 Å². The molecule has 0 aromatic heterocycles. The maximum absolute atomic E-state index is 12.8. The highest BCUT2D eigenvalue weighted by molar-refractivity contribution is 9.10. The van der Waals surface area contributed by atoms with Crippen molar-refractivity contribution in [2.45, 2.75) is 6.92 Å². The lowest BCUT2D eigenvalue weighted by Gasteiger charge is -2.04. The second-order valence-corrected chi connectivity index (χ2v) is 3.37. The third-order valence-electron chi connectivity index (χ3n) is 1.43. The van der Waals surface area contributed by atoms with Crippen LogP contribution in [0.5, 0.6) is 0 Å². The molecule has 0 fully saturated rings. The van der Waals surface area contributed by atoms with Crippen molar-refractivity contribution in [3.05, 3.63) is 32.5 Å². The molecule has 0 amide bonds. The molecule has 66 valence electrons. The summed E-state index contributed by atoms with van der Waals surface area (Å²) >= 11 is 7.89. The summed E-state index contributed by atoms with van der Waals surface area (Å²) in [5.74, 6) is -3.37. The molecular formula is C7H3BrClF3. The normalized spacial score (nSPS) is 10.5. The van der Waals surface area contributed by atoms with Gasteiger partial charge >= 0.3 is 0 Å². The van der Waals surface area contributed by atoms with Gasteiger partial charge in [0.05, 0.1) is 9.50 Å². The Morgan fingerprint density at radius 3 is 2.08 bits per heavy atom. The molecule has 0 aliphatic carbocycles. The van der Waals surface area contributed by atoms with Gasteiger partial charge in [-0.15, -0.1) is 0 Å². The summed E-state index contributed by atoms with van der Waals surface area (Å²) < 4.78 is 37.8. The second kappa shape index (κ2) is 3.26. The number of hydrogen-bond acceptors (Lipinski definition) is 0. The van der Waals surface area contributed by atoms with E-state index in [-0.39, 0.29) is 5.56 Å². The van der Waals surface area contributed by atoms with Crippen LogP contribution >= 0.6 is 27.5 Å². The second-order valence-electron chi connectivity index (χ2n) is 2.19. The molecule has 12 heavy (non-hydrogen) atoms. The lowest BCUT2D eigenvalue weighted by molar-refractivity contribution is 0.482. The summed E-state index contributed by atoms with van der Waals surface area (Å²) in [5, 5.41) is -0.402. The van der Waals surface area contributed by atoms with Gasteiger partial charge in [-0.3, -0.25) is 0 Å². The summed E-state index contributed by atoms with van der Waals surface area (Å²) in [5.41, 5.74) is -0.227.